The minimum Gasteiger partial charge on any atom is -0.497 e. The Hall–Kier alpha value is -4.55. The molecule has 0 amide bonds. The molecule has 2 N–H and O–H groups in total. The van der Waals surface area contributed by atoms with Gasteiger partial charge >= 0.3 is 12.1 Å². The van der Waals surface area contributed by atoms with Gasteiger partial charge in [0.25, 0.3) is 10.0 Å². The first-order chi connectivity index (χ1) is 20.0. The molecule has 0 fully saturated rings. The lowest BCUT2D eigenvalue weighted by Crippen LogP contribution is -2.30. The number of esters is 1. The van der Waals surface area contributed by atoms with Gasteiger partial charge < -0.3 is 19.9 Å². The molecule has 8 nitrogen and oxygen atoms in total. The monoisotopic (exact) mass is 598 g/mol. The number of benzene rings is 4. The summed E-state index contributed by atoms with van der Waals surface area (Å²) in [5.74, 6) is -2.67. The van der Waals surface area contributed by atoms with Crippen LogP contribution in [0.5, 0.6) is 17.4 Å². The molecule has 4 aromatic carbocycles. The van der Waals surface area contributed by atoms with E-state index in [2.05, 4.69) is 0 Å². The number of hydrogen-bond acceptors (Lipinski definition) is 7. The summed E-state index contributed by atoms with van der Waals surface area (Å²) in [5.41, 5.74) is 6.62. The quantitative estimate of drug-likeness (QED) is 0.220. The molecule has 1 heterocycles. The number of fused-ring (bicyclic) bond motifs is 2. The van der Waals surface area contributed by atoms with Gasteiger partial charge in [0.2, 0.25) is 5.88 Å². The number of halogens is 3. The predicted octanol–water partition coefficient (Wildman–Crippen LogP) is 5.59. The molecule has 0 atom stereocenters. The van der Waals surface area contributed by atoms with Gasteiger partial charge in [-0.1, -0.05) is 36.4 Å². The molecule has 5 rings (SSSR count). The molecule has 42 heavy (non-hydrogen) atoms. The first-order valence-corrected chi connectivity index (χ1v) is 14.1. The van der Waals surface area contributed by atoms with Crippen LogP contribution in [0, 0.1) is 0 Å². The van der Waals surface area contributed by atoms with E-state index in [1.165, 1.54) is 49.6 Å². The van der Waals surface area contributed by atoms with Crippen molar-refractivity contribution in [1.82, 2.24) is 3.97 Å². The van der Waals surface area contributed by atoms with Gasteiger partial charge in [-0.25, -0.2) is 17.2 Å². The van der Waals surface area contributed by atoms with E-state index in [1.807, 2.05) is 42.5 Å². The van der Waals surface area contributed by atoms with Crippen LogP contribution in [0.4, 0.5) is 13.2 Å². The maximum absolute atomic E-state index is 13.8. The van der Waals surface area contributed by atoms with Gasteiger partial charge in [0, 0.05) is 10.9 Å². The van der Waals surface area contributed by atoms with Crippen LogP contribution in [0.15, 0.2) is 89.8 Å². The Labute approximate surface area is 239 Å². The van der Waals surface area contributed by atoms with Crippen molar-refractivity contribution in [1.29, 1.82) is 0 Å². The number of carbonyl (C=O) groups excluding carboxylic acids is 1. The fourth-order valence-corrected chi connectivity index (χ4v) is 6.07. The lowest BCUT2D eigenvalue weighted by atomic mass is 10.1. The lowest BCUT2D eigenvalue weighted by Gasteiger charge is -2.14. The molecule has 0 saturated carbocycles. The van der Waals surface area contributed by atoms with Crippen LogP contribution < -0.4 is 19.9 Å². The summed E-state index contributed by atoms with van der Waals surface area (Å²) in [6.07, 6.45) is -5.46. The SMILES string of the molecule is COc1ccc(S(=O)(=O)n2c(OC(=O)C(F)(F)F)c(CCN)c3cc(OCc4ccc5ccccc5c4)ccc32)cc1. The van der Waals surface area contributed by atoms with Gasteiger partial charge in [-0.15, -0.1) is 0 Å². The van der Waals surface area contributed by atoms with Crippen molar-refractivity contribution < 1.29 is 40.6 Å². The third kappa shape index (κ3) is 5.63. The average Bonchev–Trinajstić information content (AvgIpc) is 3.28. The number of nitrogens with zero attached hydrogens (tertiary/aromatic N) is 1. The highest BCUT2D eigenvalue weighted by atomic mass is 32.2. The van der Waals surface area contributed by atoms with Gasteiger partial charge in [0.15, 0.2) is 0 Å². The van der Waals surface area contributed by atoms with Crippen LogP contribution in [0.1, 0.15) is 11.1 Å². The van der Waals surface area contributed by atoms with Crippen LogP contribution in [-0.4, -0.2) is 38.2 Å². The summed E-state index contributed by atoms with van der Waals surface area (Å²) in [6, 6.07) is 23.3. The van der Waals surface area contributed by atoms with Crippen molar-refractivity contribution in [3.63, 3.8) is 0 Å². The second-order valence-corrected chi connectivity index (χ2v) is 11.1. The van der Waals surface area contributed by atoms with Crippen molar-refractivity contribution in [2.75, 3.05) is 13.7 Å². The minimum absolute atomic E-state index is 0.0124. The summed E-state index contributed by atoms with van der Waals surface area (Å²) >= 11 is 0. The van der Waals surface area contributed by atoms with E-state index < -0.39 is 28.0 Å². The Balaban J connectivity index is 1.61. The normalized spacial score (nSPS) is 12.0. The van der Waals surface area contributed by atoms with Crippen molar-refractivity contribution in [3.8, 4) is 17.4 Å². The third-order valence-electron chi connectivity index (χ3n) is 6.59. The molecule has 0 aliphatic heterocycles. The highest BCUT2D eigenvalue weighted by Crippen LogP contribution is 2.39. The molecule has 1 aromatic heterocycles. The zero-order chi connectivity index (χ0) is 30.1. The minimum atomic E-state index is -5.38. The van der Waals surface area contributed by atoms with Gasteiger partial charge in [0.05, 0.1) is 17.5 Å². The van der Waals surface area contributed by atoms with E-state index >= 15 is 0 Å². The molecule has 0 bridgehead atoms. The Morgan fingerprint density at radius 3 is 2.26 bits per heavy atom. The highest BCUT2D eigenvalue weighted by molar-refractivity contribution is 7.90. The zero-order valence-corrected chi connectivity index (χ0v) is 23.0. The lowest BCUT2D eigenvalue weighted by molar-refractivity contribution is -0.190. The molecule has 0 aliphatic rings. The van der Waals surface area contributed by atoms with E-state index in [9.17, 15) is 26.4 Å². The number of carbonyl (C=O) groups is 1. The number of rotatable bonds is 9. The van der Waals surface area contributed by atoms with E-state index in [0.717, 1.165) is 16.3 Å². The highest BCUT2D eigenvalue weighted by Gasteiger charge is 2.43. The topological polar surface area (TPSA) is 110 Å². The number of aromatic nitrogens is 1. The van der Waals surface area contributed by atoms with Crippen molar-refractivity contribution in [3.05, 3.63) is 96.1 Å². The molecule has 218 valence electrons. The molecule has 0 unspecified atom stereocenters. The molecule has 0 spiro atoms. The maximum atomic E-state index is 13.8. The molecule has 12 heteroatoms. The van der Waals surface area contributed by atoms with Crippen molar-refractivity contribution >= 4 is 37.7 Å². The van der Waals surface area contributed by atoms with Crippen LogP contribution >= 0.6 is 0 Å². The van der Waals surface area contributed by atoms with Gasteiger partial charge in [0.1, 0.15) is 18.1 Å². The molecule has 0 aliphatic carbocycles. The number of ether oxygens (including phenoxy) is 3. The van der Waals surface area contributed by atoms with Crippen LogP contribution in [0.25, 0.3) is 21.7 Å². The Bertz CT molecular complexity index is 1880. The van der Waals surface area contributed by atoms with E-state index in [0.29, 0.717) is 15.5 Å². The largest absolute Gasteiger partial charge is 0.497 e. The van der Waals surface area contributed by atoms with Gasteiger partial charge in [-0.3, -0.25) is 0 Å². The smallest absolute Gasteiger partial charge is 0.491 e. The number of nitrogens with two attached hydrogens (primary N) is 1. The van der Waals surface area contributed by atoms with Crippen LogP contribution in [0.2, 0.25) is 0 Å². The van der Waals surface area contributed by atoms with Gasteiger partial charge in [-0.05, 0) is 77.8 Å². The summed E-state index contributed by atoms with van der Waals surface area (Å²) in [5, 5.41) is 2.30. The molecular weight excluding hydrogens is 573 g/mol. The Kier molecular flexibility index (Phi) is 7.85. The first kappa shape index (κ1) is 29.0. The van der Waals surface area contributed by atoms with E-state index in [4.69, 9.17) is 19.9 Å². The number of methoxy groups -OCH3 is 1. The fourth-order valence-electron chi connectivity index (χ4n) is 4.59. The molecule has 0 radical (unpaired) electrons. The number of alkyl halides is 3. The van der Waals surface area contributed by atoms with Crippen LogP contribution in [-0.2, 0) is 27.8 Å². The van der Waals surface area contributed by atoms with E-state index in [-0.39, 0.29) is 40.9 Å². The van der Waals surface area contributed by atoms with Crippen LogP contribution in [0.3, 0.4) is 0 Å². The van der Waals surface area contributed by atoms with Crippen molar-refractivity contribution in [2.45, 2.75) is 24.1 Å². The fraction of sp³-hybridized carbons (Fsp3) is 0.167. The summed E-state index contributed by atoms with van der Waals surface area (Å²) in [4.78, 5) is 11.7. The summed E-state index contributed by atoms with van der Waals surface area (Å²) < 4.78 is 83.8. The van der Waals surface area contributed by atoms with E-state index in [1.54, 1.807) is 0 Å². The van der Waals surface area contributed by atoms with Gasteiger partial charge in [-0.2, -0.15) is 13.2 Å². The third-order valence-corrected chi connectivity index (χ3v) is 8.30. The predicted molar refractivity (Wildman–Crippen MR) is 150 cm³/mol. The molecule has 0 saturated heterocycles. The Morgan fingerprint density at radius 1 is 0.905 bits per heavy atom. The molecular formula is C30H25F3N2O6S. The summed E-state index contributed by atoms with van der Waals surface area (Å²) in [6.45, 7) is 0.101. The average molecular weight is 599 g/mol. The Morgan fingerprint density at radius 2 is 1.60 bits per heavy atom. The number of hydrogen-bond donors (Lipinski definition) is 1. The standard InChI is InChI=1S/C30H25F3N2O6S/c1-39-22-8-11-24(12-9-22)42(37,38)35-27-13-10-23(40-18-19-6-7-20-4-2-3-5-21(20)16-19)17-26(27)25(14-15-34)28(35)41-29(36)30(31,32)33/h2-13,16-17H,14-15,18,34H2,1H3. The summed E-state index contributed by atoms with van der Waals surface area (Å²) in [7, 11) is -3.16. The van der Waals surface area contributed by atoms with Crippen molar-refractivity contribution in [2.24, 2.45) is 5.73 Å². The second kappa shape index (κ2) is 11.4. The molecule has 5 aromatic rings. The zero-order valence-electron chi connectivity index (χ0n) is 22.2. The second-order valence-electron chi connectivity index (χ2n) is 9.30. The first-order valence-electron chi connectivity index (χ1n) is 12.7. The maximum Gasteiger partial charge on any atom is 0.491 e.